The third-order valence-electron chi connectivity index (χ3n) is 3.08. The van der Waals surface area contributed by atoms with Crippen LogP contribution in [0, 0.1) is 11.6 Å². The van der Waals surface area contributed by atoms with Crippen LogP contribution < -0.4 is 5.32 Å². The first-order chi connectivity index (χ1) is 11.1. The van der Waals surface area contributed by atoms with Crippen molar-refractivity contribution in [2.45, 2.75) is 6.42 Å². The molecule has 2 rings (SSSR count). The van der Waals surface area contributed by atoms with Gasteiger partial charge in [-0.1, -0.05) is 24.3 Å². The second-order valence-electron chi connectivity index (χ2n) is 4.78. The predicted molar refractivity (Wildman–Crippen MR) is 79.8 cm³/mol. The summed E-state index contributed by atoms with van der Waals surface area (Å²) in [6, 6.07) is 11.3. The number of nitrogens with one attached hydrogen (secondary N) is 1. The van der Waals surface area contributed by atoms with Crippen LogP contribution in [0.4, 0.5) is 8.78 Å². The Kier molecular flexibility index (Phi) is 5.80. The molecule has 6 heteroatoms. The van der Waals surface area contributed by atoms with Crippen molar-refractivity contribution in [2.75, 3.05) is 13.2 Å². The van der Waals surface area contributed by atoms with Crippen LogP contribution in [0.3, 0.4) is 0 Å². The first-order valence-electron chi connectivity index (χ1n) is 6.99. The average Bonchev–Trinajstić information content (AvgIpc) is 2.55. The Morgan fingerprint density at radius 1 is 1.00 bits per heavy atom. The number of carbonyl (C=O) groups is 2. The van der Waals surface area contributed by atoms with Crippen molar-refractivity contribution >= 4 is 11.9 Å². The van der Waals surface area contributed by atoms with E-state index < -0.39 is 24.3 Å². The van der Waals surface area contributed by atoms with E-state index in [-0.39, 0.29) is 11.4 Å². The number of benzene rings is 2. The van der Waals surface area contributed by atoms with Gasteiger partial charge in [0, 0.05) is 6.54 Å². The van der Waals surface area contributed by atoms with Gasteiger partial charge in [-0.05, 0) is 36.2 Å². The Hall–Kier alpha value is -2.76. The largest absolute Gasteiger partial charge is 0.452 e. The molecule has 120 valence electrons. The van der Waals surface area contributed by atoms with Gasteiger partial charge in [0.15, 0.2) is 6.61 Å². The summed E-state index contributed by atoms with van der Waals surface area (Å²) in [5, 5.41) is 2.56. The third kappa shape index (κ3) is 5.18. The number of ether oxygens (including phenoxy) is 1. The third-order valence-corrected chi connectivity index (χ3v) is 3.08. The topological polar surface area (TPSA) is 55.4 Å². The van der Waals surface area contributed by atoms with Crippen LogP contribution in [0.1, 0.15) is 15.9 Å². The van der Waals surface area contributed by atoms with Gasteiger partial charge in [0.05, 0.1) is 5.56 Å². The molecule has 0 bridgehead atoms. The zero-order chi connectivity index (χ0) is 16.7. The molecule has 2 aromatic rings. The van der Waals surface area contributed by atoms with Crippen LogP contribution in [0.25, 0.3) is 0 Å². The molecule has 0 aliphatic rings. The fourth-order valence-corrected chi connectivity index (χ4v) is 1.88. The SMILES string of the molecule is O=C(COC(=O)c1ccccc1F)NCCc1ccc(F)cc1. The Balaban J connectivity index is 1.72. The summed E-state index contributed by atoms with van der Waals surface area (Å²) in [7, 11) is 0. The summed E-state index contributed by atoms with van der Waals surface area (Å²) in [6.45, 7) is -0.168. The number of carbonyl (C=O) groups excluding carboxylic acids is 2. The van der Waals surface area contributed by atoms with Gasteiger partial charge >= 0.3 is 5.97 Å². The minimum absolute atomic E-state index is 0.216. The van der Waals surface area contributed by atoms with Gasteiger partial charge < -0.3 is 10.1 Å². The molecule has 0 unspecified atom stereocenters. The number of hydrogen-bond acceptors (Lipinski definition) is 3. The van der Waals surface area contributed by atoms with Crippen molar-refractivity contribution in [1.82, 2.24) is 5.32 Å². The summed E-state index contributed by atoms with van der Waals surface area (Å²) in [5.74, 6) is -2.40. The van der Waals surface area contributed by atoms with Crippen LogP contribution in [0.15, 0.2) is 48.5 Å². The molecule has 2 aromatic carbocycles. The zero-order valence-corrected chi connectivity index (χ0v) is 12.2. The lowest BCUT2D eigenvalue weighted by atomic mass is 10.1. The van der Waals surface area contributed by atoms with Gasteiger partial charge in [0.1, 0.15) is 11.6 Å². The maximum absolute atomic E-state index is 13.4. The molecular formula is C17H15F2NO3. The maximum Gasteiger partial charge on any atom is 0.341 e. The van der Waals surface area contributed by atoms with Gasteiger partial charge in [-0.15, -0.1) is 0 Å². The van der Waals surface area contributed by atoms with Gasteiger partial charge in [0.2, 0.25) is 0 Å². The predicted octanol–water partition coefficient (Wildman–Crippen LogP) is 2.48. The zero-order valence-electron chi connectivity index (χ0n) is 12.2. The Bertz CT molecular complexity index is 686. The molecular weight excluding hydrogens is 304 g/mol. The van der Waals surface area contributed by atoms with E-state index in [2.05, 4.69) is 5.32 Å². The molecule has 0 saturated carbocycles. The van der Waals surface area contributed by atoms with Crippen LogP contribution in [-0.4, -0.2) is 25.0 Å². The summed E-state index contributed by atoms with van der Waals surface area (Å²) in [5.41, 5.74) is 0.654. The fourth-order valence-electron chi connectivity index (χ4n) is 1.88. The molecule has 0 fully saturated rings. The highest BCUT2D eigenvalue weighted by atomic mass is 19.1. The van der Waals surface area contributed by atoms with Crippen molar-refractivity contribution in [1.29, 1.82) is 0 Å². The van der Waals surface area contributed by atoms with Gasteiger partial charge in [-0.2, -0.15) is 0 Å². The number of esters is 1. The first-order valence-corrected chi connectivity index (χ1v) is 6.99. The second kappa shape index (κ2) is 8.03. The van der Waals surface area contributed by atoms with Crippen molar-refractivity contribution < 1.29 is 23.1 Å². The Morgan fingerprint density at radius 2 is 1.70 bits per heavy atom. The van der Waals surface area contributed by atoms with E-state index in [0.717, 1.165) is 11.6 Å². The van der Waals surface area contributed by atoms with Gasteiger partial charge in [0.25, 0.3) is 5.91 Å². The maximum atomic E-state index is 13.4. The van der Waals surface area contributed by atoms with Gasteiger partial charge in [-0.3, -0.25) is 4.79 Å². The van der Waals surface area contributed by atoms with Crippen LogP contribution in [-0.2, 0) is 16.0 Å². The van der Waals surface area contributed by atoms with E-state index in [9.17, 15) is 18.4 Å². The number of hydrogen-bond donors (Lipinski definition) is 1. The molecule has 0 saturated heterocycles. The molecule has 0 radical (unpaired) electrons. The number of halogens is 2. The highest BCUT2D eigenvalue weighted by Crippen LogP contribution is 2.07. The molecule has 1 amide bonds. The monoisotopic (exact) mass is 319 g/mol. The average molecular weight is 319 g/mol. The second-order valence-corrected chi connectivity index (χ2v) is 4.78. The van der Waals surface area contributed by atoms with Crippen molar-refractivity contribution in [3.63, 3.8) is 0 Å². The standard InChI is InChI=1S/C17H15F2NO3/c18-13-7-5-12(6-8-13)9-10-20-16(21)11-23-17(22)14-3-1-2-4-15(14)19/h1-8H,9-11H2,(H,20,21). The Labute approximate surface area is 132 Å². The molecule has 4 nitrogen and oxygen atoms in total. The molecule has 23 heavy (non-hydrogen) atoms. The van der Waals surface area contributed by atoms with Crippen molar-refractivity contribution in [3.05, 3.63) is 71.3 Å². The highest BCUT2D eigenvalue weighted by Gasteiger charge is 2.13. The molecule has 0 aromatic heterocycles. The number of rotatable bonds is 6. The van der Waals surface area contributed by atoms with E-state index in [0.29, 0.717) is 13.0 Å². The molecule has 0 spiro atoms. The first kappa shape index (κ1) is 16.6. The summed E-state index contributed by atoms with van der Waals surface area (Å²) in [6.07, 6.45) is 0.521. The van der Waals surface area contributed by atoms with Crippen molar-refractivity contribution in [3.8, 4) is 0 Å². The molecule has 0 aliphatic heterocycles. The highest BCUT2D eigenvalue weighted by molar-refractivity contribution is 5.91. The van der Waals surface area contributed by atoms with Gasteiger partial charge in [-0.25, -0.2) is 13.6 Å². The van der Waals surface area contributed by atoms with Crippen molar-refractivity contribution in [2.24, 2.45) is 0 Å². The van der Waals surface area contributed by atoms with Crippen LogP contribution >= 0.6 is 0 Å². The summed E-state index contributed by atoms with van der Waals surface area (Å²) < 4.78 is 30.8. The molecule has 0 atom stereocenters. The fraction of sp³-hybridized carbons (Fsp3) is 0.176. The van der Waals surface area contributed by atoms with Crippen LogP contribution in [0.5, 0.6) is 0 Å². The van der Waals surface area contributed by atoms with Crippen LogP contribution in [0.2, 0.25) is 0 Å². The normalized spacial score (nSPS) is 10.2. The van der Waals surface area contributed by atoms with E-state index in [1.807, 2.05) is 0 Å². The smallest absolute Gasteiger partial charge is 0.341 e. The quantitative estimate of drug-likeness (QED) is 0.832. The number of amides is 1. The minimum atomic E-state index is -0.892. The molecule has 0 aliphatic carbocycles. The van der Waals surface area contributed by atoms with E-state index in [1.54, 1.807) is 12.1 Å². The summed E-state index contributed by atoms with van der Waals surface area (Å²) in [4.78, 5) is 23.2. The minimum Gasteiger partial charge on any atom is -0.452 e. The molecule has 1 N–H and O–H groups in total. The Morgan fingerprint density at radius 3 is 2.39 bits per heavy atom. The van der Waals surface area contributed by atoms with E-state index in [1.165, 1.54) is 30.3 Å². The lowest BCUT2D eigenvalue weighted by Gasteiger charge is -2.07. The lowest BCUT2D eigenvalue weighted by molar-refractivity contribution is -0.124. The lowest BCUT2D eigenvalue weighted by Crippen LogP contribution is -2.30. The van der Waals surface area contributed by atoms with E-state index >= 15 is 0 Å². The van der Waals surface area contributed by atoms with E-state index in [4.69, 9.17) is 4.74 Å². The molecule has 0 heterocycles. The summed E-state index contributed by atoms with van der Waals surface area (Å²) >= 11 is 0.